The standard InChI is InChI=1S/C16H11FN2O2/c1-20-14-5-12(9-19)6-15(7-14)21-10-13-4-11(8-18)2-3-16(13)17/h2-7H,10H2,1H3. The Balaban J connectivity index is 2.21. The van der Waals surface area contributed by atoms with E-state index in [0.29, 0.717) is 22.6 Å². The summed E-state index contributed by atoms with van der Waals surface area (Å²) in [5.74, 6) is 0.431. The maximum Gasteiger partial charge on any atom is 0.129 e. The predicted molar refractivity (Wildman–Crippen MR) is 73.2 cm³/mol. The zero-order chi connectivity index (χ0) is 15.2. The van der Waals surface area contributed by atoms with Gasteiger partial charge in [-0.25, -0.2) is 4.39 Å². The SMILES string of the molecule is COc1cc(C#N)cc(OCc2cc(C#N)ccc2F)c1. The van der Waals surface area contributed by atoms with Gasteiger partial charge in [-0.1, -0.05) is 0 Å². The first-order chi connectivity index (χ1) is 10.2. The molecule has 0 aliphatic carbocycles. The van der Waals surface area contributed by atoms with Gasteiger partial charge < -0.3 is 9.47 Å². The second kappa shape index (κ2) is 6.40. The van der Waals surface area contributed by atoms with Crippen molar-refractivity contribution in [1.82, 2.24) is 0 Å². The van der Waals surface area contributed by atoms with Gasteiger partial charge in [0.1, 0.15) is 23.9 Å². The van der Waals surface area contributed by atoms with Crippen LogP contribution in [-0.2, 0) is 6.61 Å². The summed E-state index contributed by atoms with van der Waals surface area (Å²) in [6.45, 7) is -0.0423. The maximum absolute atomic E-state index is 13.6. The van der Waals surface area contributed by atoms with Crippen LogP contribution in [0.1, 0.15) is 16.7 Å². The number of rotatable bonds is 4. The summed E-state index contributed by atoms with van der Waals surface area (Å²) in [4.78, 5) is 0. The van der Waals surface area contributed by atoms with Crippen molar-refractivity contribution >= 4 is 0 Å². The Morgan fingerprint density at radius 1 is 1.00 bits per heavy atom. The van der Waals surface area contributed by atoms with Gasteiger partial charge in [-0.3, -0.25) is 0 Å². The van der Waals surface area contributed by atoms with Crippen molar-refractivity contribution < 1.29 is 13.9 Å². The summed E-state index contributed by atoms with van der Waals surface area (Å²) in [5, 5.41) is 17.7. The molecule has 0 heterocycles. The highest BCUT2D eigenvalue weighted by atomic mass is 19.1. The zero-order valence-electron chi connectivity index (χ0n) is 11.3. The summed E-state index contributed by atoms with van der Waals surface area (Å²) < 4.78 is 24.2. The van der Waals surface area contributed by atoms with Crippen molar-refractivity contribution in [3.05, 3.63) is 58.9 Å². The van der Waals surface area contributed by atoms with Crippen LogP contribution < -0.4 is 9.47 Å². The molecular weight excluding hydrogens is 271 g/mol. The highest BCUT2D eigenvalue weighted by molar-refractivity contribution is 5.44. The third kappa shape index (κ3) is 3.49. The van der Waals surface area contributed by atoms with Crippen LogP contribution in [-0.4, -0.2) is 7.11 Å². The molecule has 0 saturated carbocycles. The predicted octanol–water partition coefficient (Wildman–Crippen LogP) is 3.16. The fraction of sp³-hybridized carbons (Fsp3) is 0.125. The summed E-state index contributed by atoms with van der Waals surface area (Å²) >= 11 is 0. The Hall–Kier alpha value is -3.05. The van der Waals surface area contributed by atoms with Crippen LogP contribution >= 0.6 is 0 Å². The van der Waals surface area contributed by atoms with Crippen molar-refractivity contribution in [2.24, 2.45) is 0 Å². The average molecular weight is 282 g/mol. The second-order valence-corrected chi connectivity index (χ2v) is 4.22. The molecule has 0 fully saturated rings. The van der Waals surface area contributed by atoms with Gasteiger partial charge in [-0.15, -0.1) is 0 Å². The van der Waals surface area contributed by atoms with Gasteiger partial charge in [0, 0.05) is 11.6 Å². The fourth-order valence-corrected chi connectivity index (χ4v) is 1.75. The van der Waals surface area contributed by atoms with Crippen LogP contribution in [0.4, 0.5) is 4.39 Å². The minimum atomic E-state index is -0.447. The molecule has 0 aromatic heterocycles. The molecular formula is C16H11FN2O2. The molecule has 0 N–H and O–H groups in total. The van der Waals surface area contributed by atoms with Crippen LogP contribution in [0.25, 0.3) is 0 Å². The lowest BCUT2D eigenvalue weighted by Gasteiger charge is -2.09. The smallest absolute Gasteiger partial charge is 0.129 e. The Labute approximate surface area is 121 Å². The highest BCUT2D eigenvalue weighted by Gasteiger charge is 2.07. The molecule has 0 bridgehead atoms. The quantitative estimate of drug-likeness (QED) is 0.864. The van der Waals surface area contributed by atoms with E-state index in [4.69, 9.17) is 20.0 Å². The third-order valence-electron chi connectivity index (χ3n) is 2.81. The molecule has 4 nitrogen and oxygen atoms in total. The summed E-state index contributed by atoms with van der Waals surface area (Å²) in [5.41, 5.74) is 1.02. The number of halogens is 1. The zero-order valence-corrected chi connectivity index (χ0v) is 11.3. The summed E-state index contributed by atoms with van der Waals surface area (Å²) in [6, 6.07) is 12.7. The molecule has 0 amide bonds. The van der Waals surface area contributed by atoms with E-state index < -0.39 is 5.82 Å². The molecule has 0 aliphatic heterocycles. The molecule has 21 heavy (non-hydrogen) atoms. The van der Waals surface area contributed by atoms with Crippen LogP contribution in [0.3, 0.4) is 0 Å². The summed E-state index contributed by atoms with van der Waals surface area (Å²) in [6.07, 6.45) is 0. The Kier molecular flexibility index (Phi) is 4.38. The number of benzene rings is 2. The number of hydrogen-bond donors (Lipinski definition) is 0. The molecule has 0 radical (unpaired) electrons. The minimum Gasteiger partial charge on any atom is -0.497 e. The molecule has 0 saturated heterocycles. The van der Waals surface area contributed by atoms with Gasteiger partial charge in [-0.05, 0) is 30.3 Å². The molecule has 0 atom stereocenters. The Morgan fingerprint density at radius 3 is 2.38 bits per heavy atom. The van der Waals surface area contributed by atoms with Gasteiger partial charge in [0.05, 0.1) is 30.4 Å². The monoisotopic (exact) mass is 282 g/mol. The average Bonchev–Trinajstić information content (AvgIpc) is 2.53. The molecule has 0 aliphatic rings. The van der Waals surface area contributed by atoms with Crippen molar-refractivity contribution in [2.45, 2.75) is 6.61 Å². The maximum atomic E-state index is 13.6. The van der Waals surface area contributed by atoms with E-state index in [9.17, 15) is 4.39 Å². The first kappa shape index (κ1) is 14.4. The van der Waals surface area contributed by atoms with Gasteiger partial charge >= 0.3 is 0 Å². The number of hydrogen-bond acceptors (Lipinski definition) is 4. The van der Waals surface area contributed by atoms with Crippen molar-refractivity contribution in [3.8, 4) is 23.6 Å². The molecule has 0 unspecified atom stereocenters. The molecule has 2 aromatic rings. The van der Waals surface area contributed by atoms with E-state index in [1.165, 1.54) is 31.4 Å². The van der Waals surface area contributed by atoms with Crippen LogP contribution in [0, 0.1) is 28.5 Å². The van der Waals surface area contributed by atoms with Gasteiger partial charge in [0.2, 0.25) is 0 Å². The van der Waals surface area contributed by atoms with Crippen LogP contribution in [0.2, 0.25) is 0 Å². The lowest BCUT2D eigenvalue weighted by atomic mass is 10.1. The lowest BCUT2D eigenvalue weighted by molar-refractivity contribution is 0.297. The van der Waals surface area contributed by atoms with Gasteiger partial charge in [0.25, 0.3) is 0 Å². The number of ether oxygens (including phenoxy) is 2. The van der Waals surface area contributed by atoms with Gasteiger partial charge in [0.15, 0.2) is 0 Å². The van der Waals surface area contributed by atoms with E-state index in [-0.39, 0.29) is 12.2 Å². The second-order valence-electron chi connectivity index (χ2n) is 4.22. The van der Waals surface area contributed by atoms with Gasteiger partial charge in [-0.2, -0.15) is 10.5 Å². The van der Waals surface area contributed by atoms with Crippen LogP contribution in [0.15, 0.2) is 36.4 Å². The molecule has 5 heteroatoms. The number of nitriles is 2. The van der Waals surface area contributed by atoms with Crippen molar-refractivity contribution in [2.75, 3.05) is 7.11 Å². The number of nitrogens with zero attached hydrogens (tertiary/aromatic N) is 2. The molecule has 2 aromatic carbocycles. The van der Waals surface area contributed by atoms with E-state index in [1.54, 1.807) is 12.1 Å². The third-order valence-corrected chi connectivity index (χ3v) is 2.81. The first-order valence-electron chi connectivity index (χ1n) is 6.07. The van der Waals surface area contributed by atoms with Crippen LogP contribution in [0.5, 0.6) is 11.5 Å². The van der Waals surface area contributed by atoms with Crippen molar-refractivity contribution in [1.29, 1.82) is 10.5 Å². The molecule has 0 spiro atoms. The van der Waals surface area contributed by atoms with E-state index >= 15 is 0 Å². The summed E-state index contributed by atoms with van der Waals surface area (Å²) in [7, 11) is 1.48. The topological polar surface area (TPSA) is 66.0 Å². The first-order valence-corrected chi connectivity index (χ1v) is 6.07. The van der Waals surface area contributed by atoms with E-state index in [1.807, 2.05) is 12.1 Å². The largest absolute Gasteiger partial charge is 0.497 e. The Bertz CT molecular complexity index is 745. The van der Waals surface area contributed by atoms with E-state index in [0.717, 1.165) is 0 Å². The molecule has 2 rings (SSSR count). The highest BCUT2D eigenvalue weighted by Crippen LogP contribution is 2.23. The Morgan fingerprint density at radius 2 is 1.71 bits per heavy atom. The van der Waals surface area contributed by atoms with E-state index in [2.05, 4.69) is 0 Å². The van der Waals surface area contributed by atoms with Crippen molar-refractivity contribution in [3.63, 3.8) is 0 Å². The minimum absolute atomic E-state index is 0.0423. The lowest BCUT2D eigenvalue weighted by Crippen LogP contribution is -2.00. The number of methoxy groups -OCH3 is 1. The normalized spacial score (nSPS) is 9.52. The molecule has 104 valence electrons. The fourth-order valence-electron chi connectivity index (χ4n) is 1.75.